The number of carbonyl (C=O) groups excluding carboxylic acids is 2. The van der Waals surface area contributed by atoms with E-state index in [1.165, 1.54) is 212 Å². The van der Waals surface area contributed by atoms with Crippen LogP contribution in [0.25, 0.3) is 0 Å². The van der Waals surface area contributed by atoms with E-state index in [1.807, 2.05) is 0 Å². The molecule has 0 aliphatic heterocycles. The van der Waals surface area contributed by atoms with Crippen molar-refractivity contribution in [2.24, 2.45) is 0 Å². The van der Waals surface area contributed by atoms with Gasteiger partial charge in [0.15, 0.2) is 0 Å². The monoisotopic (exact) mass is 811 g/mol. The molecular formula is C53H98N2O3. The van der Waals surface area contributed by atoms with Crippen molar-refractivity contribution in [2.75, 3.05) is 19.7 Å². The van der Waals surface area contributed by atoms with Gasteiger partial charge in [-0.1, -0.05) is 252 Å². The number of amides is 2. The summed E-state index contributed by atoms with van der Waals surface area (Å²) in [5, 5.41) is 6.26. The second kappa shape index (κ2) is 43.1. The summed E-state index contributed by atoms with van der Waals surface area (Å²) in [5.41, 5.74) is 1.11. The van der Waals surface area contributed by atoms with E-state index < -0.39 is 0 Å². The summed E-state index contributed by atoms with van der Waals surface area (Å²) < 4.78 is 6.26. The topological polar surface area (TPSA) is 67.4 Å². The van der Waals surface area contributed by atoms with Gasteiger partial charge in [-0.2, -0.15) is 0 Å². The standard InChI is InChI=1S/C53H98N2O3/c1-4-7-10-13-16-19-22-25-28-31-34-37-40-45-54-52(56)49-43-44-50(53(57)55-46-41-38-35-32-29-26-23-20-17-14-11-8-5-2)51(48-49)58-47-42-39-36-33-30-27-24-21-18-15-12-9-6-3/h43-44,48H,4-42,45-47H2,1-3H3,(H,54,56)(H,55,57). The van der Waals surface area contributed by atoms with Crippen LogP contribution in [0.4, 0.5) is 0 Å². The third-order valence-electron chi connectivity index (χ3n) is 12.1. The Balaban J connectivity index is 2.42. The van der Waals surface area contributed by atoms with E-state index in [4.69, 9.17) is 4.74 Å². The van der Waals surface area contributed by atoms with Gasteiger partial charge in [-0.15, -0.1) is 0 Å². The van der Waals surface area contributed by atoms with Crippen molar-refractivity contribution in [3.8, 4) is 5.75 Å². The van der Waals surface area contributed by atoms with Crippen molar-refractivity contribution >= 4 is 11.8 Å². The quantitative estimate of drug-likeness (QED) is 0.0645. The van der Waals surface area contributed by atoms with Crippen LogP contribution in [0.15, 0.2) is 18.2 Å². The van der Waals surface area contributed by atoms with Crippen LogP contribution in [0, 0.1) is 0 Å². The number of unbranched alkanes of at least 4 members (excludes halogenated alkanes) is 36. The van der Waals surface area contributed by atoms with Crippen LogP contribution in [0.2, 0.25) is 0 Å². The number of rotatable bonds is 45. The predicted molar refractivity (Wildman–Crippen MR) is 254 cm³/mol. The molecular weight excluding hydrogens is 713 g/mol. The fraction of sp³-hybridized carbons (Fsp3) is 0.849. The molecule has 0 saturated heterocycles. The van der Waals surface area contributed by atoms with Gasteiger partial charge in [0.05, 0.1) is 12.2 Å². The van der Waals surface area contributed by atoms with Gasteiger partial charge in [0.2, 0.25) is 0 Å². The second-order valence-corrected chi connectivity index (χ2v) is 17.8. The average molecular weight is 811 g/mol. The summed E-state index contributed by atoms with van der Waals surface area (Å²) in [6.45, 7) is 8.78. The van der Waals surface area contributed by atoms with Gasteiger partial charge in [-0.25, -0.2) is 0 Å². The molecule has 5 heteroatoms. The first-order valence-electron chi connectivity index (χ1n) is 26.0. The molecule has 0 heterocycles. The van der Waals surface area contributed by atoms with Gasteiger partial charge in [0.25, 0.3) is 11.8 Å². The molecule has 0 bridgehead atoms. The van der Waals surface area contributed by atoms with Crippen LogP contribution < -0.4 is 15.4 Å². The van der Waals surface area contributed by atoms with Gasteiger partial charge >= 0.3 is 0 Å². The lowest BCUT2D eigenvalue weighted by atomic mass is 10.0. The normalized spacial score (nSPS) is 11.3. The molecule has 0 atom stereocenters. The lowest BCUT2D eigenvalue weighted by Gasteiger charge is -2.14. The van der Waals surface area contributed by atoms with Crippen molar-refractivity contribution in [1.29, 1.82) is 0 Å². The van der Waals surface area contributed by atoms with Gasteiger partial charge in [-0.05, 0) is 37.5 Å². The lowest BCUT2D eigenvalue weighted by Crippen LogP contribution is -2.26. The molecule has 0 aromatic heterocycles. The number of hydrogen-bond acceptors (Lipinski definition) is 3. The maximum Gasteiger partial charge on any atom is 0.255 e. The Kier molecular flexibility index (Phi) is 40.1. The van der Waals surface area contributed by atoms with Crippen LogP contribution in [0.3, 0.4) is 0 Å². The van der Waals surface area contributed by atoms with Gasteiger partial charge < -0.3 is 15.4 Å². The van der Waals surface area contributed by atoms with E-state index in [1.54, 1.807) is 18.2 Å². The van der Waals surface area contributed by atoms with Gasteiger partial charge in [-0.3, -0.25) is 9.59 Å². The molecule has 1 rings (SSSR count). The highest BCUT2D eigenvalue weighted by Crippen LogP contribution is 2.22. The molecule has 1 aromatic carbocycles. The summed E-state index contributed by atoms with van der Waals surface area (Å²) in [6.07, 6.45) is 51.2. The van der Waals surface area contributed by atoms with Crippen molar-refractivity contribution < 1.29 is 14.3 Å². The van der Waals surface area contributed by atoms with Crippen molar-refractivity contribution in [3.63, 3.8) is 0 Å². The molecule has 2 N–H and O–H groups in total. The average Bonchev–Trinajstić information content (AvgIpc) is 3.23. The maximum absolute atomic E-state index is 13.3. The Hall–Kier alpha value is -2.04. The van der Waals surface area contributed by atoms with Crippen molar-refractivity contribution in [3.05, 3.63) is 29.3 Å². The zero-order valence-electron chi connectivity index (χ0n) is 39.2. The number of ether oxygens (including phenoxy) is 1. The summed E-state index contributed by atoms with van der Waals surface area (Å²) in [6, 6.07) is 5.37. The van der Waals surface area contributed by atoms with Gasteiger partial charge in [0, 0.05) is 18.7 Å². The van der Waals surface area contributed by atoms with Crippen molar-refractivity contribution in [1.82, 2.24) is 10.6 Å². The van der Waals surface area contributed by atoms with Crippen LogP contribution >= 0.6 is 0 Å². The first-order chi connectivity index (χ1) is 28.6. The highest BCUT2D eigenvalue weighted by molar-refractivity contribution is 6.00. The summed E-state index contributed by atoms with van der Waals surface area (Å²) in [5.74, 6) is 0.359. The number of nitrogens with one attached hydrogen (secondary N) is 2. The molecule has 0 unspecified atom stereocenters. The molecule has 0 spiro atoms. The Morgan fingerprint density at radius 3 is 1.02 bits per heavy atom. The van der Waals surface area contributed by atoms with E-state index in [-0.39, 0.29) is 11.8 Å². The first kappa shape index (κ1) is 54.0. The summed E-state index contributed by atoms with van der Waals surface area (Å²) in [7, 11) is 0. The molecule has 0 aliphatic carbocycles. The molecule has 2 amide bonds. The SMILES string of the molecule is CCCCCCCCCCCCCCCNC(=O)c1ccc(C(=O)NCCCCCCCCCCCCCCC)c(OCCCCCCCCCCCCCCC)c1. The molecule has 0 saturated carbocycles. The summed E-state index contributed by atoms with van der Waals surface area (Å²) >= 11 is 0. The second-order valence-electron chi connectivity index (χ2n) is 17.8. The minimum Gasteiger partial charge on any atom is -0.493 e. The molecule has 58 heavy (non-hydrogen) atoms. The zero-order chi connectivity index (χ0) is 41.8. The number of benzene rings is 1. The van der Waals surface area contributed by atoms with E-state index in [0.29, 0.717) is 36.6 Å². The van der Waals surface area contributed by atoms with Crippen LogP contribution in [-0.2, 0) is 0 Å². The van der Waals surface area contributed by atoms with E-state index >= 15 is 0 Å². The Morgan fingerprint density at radius 2 is 0.672 bits per heavy atom. The molecule has 1 aromatic rings. The minimum absolute atomic E-state index is 0.0799. The fourth-order valence-corrected chi connectivity index (χ4v) is 8.16. The third-order valence-corrected chi connectivity index (χ3v) is 12.1. The predicted octanol–water partition coefficient (Wildman–Crippen LogP) is 16.8. The fourth-order valence-electron chi connectivity index (χ4n) is 8.16. The van der Waals surface area contributed by atoms with Gasteiger partial charge in [0.1, 0.15) is 5.75 Å². The third kappa shape index (κ3) is 33.8. The zero-order valence-corrected chi connectivity index (χ0v) is 39.2. The highest BCUT2D eigenvalue weighted by atomic mass is 16.5. The molecule has 0 radical (unpaired) electrons. The molecule has 338 valence electrons. The summed E-state index contributed by atoms with van der Waals surface area (Å²) in [4.78, 5) is 26.5. The van der Waals surface area contributed by atoms with Crippen molar-refractivity contribution in [2.45, 2.75) is 271 Å². The molecule has 0 fully saturated rings. The van der Waals surface area contributed by atoms with Crippen LogP contribution in [0.1, 0.15) is 292 Å². The van der Waals surface area contributed by atoms with E-state index in [0.717, 1.165) is 38.5 Å². The first-order valence-corrected chi connectivity index (χ1v) is 26.0. The molecule has 5 nitrogen and oxygen atoms in total. The lowest BCUT2D eigenvalue weighted by molar-refractivity contribution is 0.0937. The Morgan fingerprint density at radius 1 is 0.379 bits per heavy atom. The minimum atomic E-state index is -0.0989. The number of carbonyl (C=O) groups is 2. The van der Waals surface area contributed by atoms with Crippen LogP contribution in [0.5, 0.6) is 5.75 Å². The highest BCUT2D eigenvalue weighted by Gasteiger charge is 2.16. The number of hydrogen-bond donors (Lipinski definition) is 2. The largest absolute Gasteiger partial charge is 0.493 e. The Bertz CT molecular complexity index is 1040. The smallest absolute Gasteiger partial charge is 0.255 e. The van der Waals surface area contributed by atoms with E-state index in [9.17, 15) is 9.59 Å². The molecule has 0 aliphatic rings. The maximum atomic E-state index is 13.3. The van der Waals surface area contributed by atoms with E-state index in [2.05, 4.69) is 31.4 Å². The van der Waals surface area contributed by atoms with Crippen LogP contribution in [-0.4, -0.2) is 31.5 Å². The Labute approximate surface area is 361 Å².